The number of nitrogens with zero attached hydrogens (tertiary/aromatic N) is 6. The van der Waals surface area contributed by atoms with Gasteiger partial charge in [-0.15, -0.1) is 0 Å². The van der Waals surface area contributed by atoms with Crippen molar-refractivity contribution in [2.75, 3.05) is 25.5 Å². The Balaban J connectivity index is 1.28. The molecule has 6 rings (SSSR count). The molecule has 0 amide bonds. The average Bonchev–Trinajstić information content (AvgIpc) is 3.40. The highest BCUT2D eigenvalue weighted by Crippen LogP contribution is 2.30. The number of piperidine rings is 1. The van der Waals surface area contributed by atoms with Gasteiger partial charge in [0, 0.05) is 41.9 Å². The van der Waals surface area contributed by atoms with Gasteiger partial charge >= 0.3 is 0 Å². The molecule has 1 N–H and O–H groups in total. The van der Waals surface area contributed by atoms with Crippen LogP contribution in [0, 0.1) is 13.8 Å². The van der Waals surface area contributed by atoms with Crippen molar-refractivity contribution in [3.8, 4) is 22.5 Å². The van der Waals surface area contributed by atoms with Gasteiger partial charge in [0.05, 0.1) is 0 Å². The number of benzene rings is 2. The number of anilines is 2. The summed E-state index contributed by atoms with van der Waals surface area (Å²) < 4.78 is 6.82. The molecule has 0 spiro atoms. The van der Waals surface area contributed by atoms with Crippen LogP contribution < -0.4 is 10.9 Å². The van der Waals surface area contributed by atoms with Crippen molar-refractivity contribution in [1.29, 1.82) is 0 Å². The molecular weight excluding hydrogens is 502 g/mol. The predicted molar refractivity (Wildman–Crippen MR) is 157 cm³/mol. The minimum atomic E-state index is -0.0895. The highest BCUT2D eigenvalue weighted by molar-refractivity contribution is 5.83. The summed E-state index contributed by atoms with van der Waals surface area (Å²) >= 11 is 0. The third-order valence-electron chi connectivity index (χ3n) is 7.80. The van der Waals surface area contributed by atoms with Crippen molar-refractivity contribution in [2.24, 2.45) is 0 Å². The Labute approximate surface area is 232 Å². The topological polar surface area (TPSA) is 102 Å². The lowest BCUT2D eigenvalue weighted by molar-refractivity contribution is 0.255. The summed E-state index contributed by atoms with van der Waals surface area (Å²) in [5.41, 5.74) is 6.06. The number of aryl methyl sites for hydroxylation is 3. The standard InChI is InChI=1S/C31H33N7O2/c1-5-38-29-24(17-27(30(38)39)26-11-8-23(16-19(26)2)28-33-20(3)40-36-28)18-32-31(35-29)34-25-9-6-21(7-10-25)22-12-14-37(4)15-13-22/h6-11,16-18,22H,5,12-15H2,1-4H3,(H,32,34,35). The molecule has 2 aromatic carbocycles. The molecule has 204 valence electrons. The number of nitrogens with one attached hydrogen (secondary N) is 1. The summed E-state index contributed by atoms with van der Waals surface area (Å²) in [5, 5.41) is 8.13. The first-order chi connectivity index (χ1) is 19.4. The van der Waals surface area contributed by atoms with Gasteiger partial charge in [-0.3, -0.25) is 9.36 Å². The molecule has 9 heteroatoms. The minimum absolute atomic E-state index is 0.0895. The van der Waals surface area contributed by atoms with Crippen LogP contribution in [0.15, 0.2) is 64.0 Å². The Morgan fingerprint density at radius 2 is 1.77 bits per heavy atom. The summed E-state index contributed by atoms with van der Waals surface area (Å²) in [6.07, 6.45) is 4.16. The average molecular weight is 536 g/mol. The highest BCUT2D eigenvalue weighted by Gasteiger charge is 2.19. The Morgan fingerprint density at radius 3 is 2.45 bits per heavy atom. The first kappa shape index (κ1) is 25.9. The first-order valence-corrected chi connectivity index (χ1v) is 13.8. The Morgan fingerprint density at radius 1 is 1.00 bits per heavy atom. The highest BCUT2D eigenvalue weighted by atomic mass is 16.5. The molecule has 4 heterocycles. The van der Waals surface area contributed by atoms with E-state index in [2.05, 4.69) is 56.7 Å². The van der Waals surface area contributed by atoms with Crippen LogP contribution in [0.3, 0.4) is 0 Å². The molecule has 3 aromatic heterocycles. The van der Waals surface area contributed by atoms with Crippen LogP contribution in [-0.2, 0) is 6.54 Å². The molecule has 9 nitrogen and oxygen atoms in total. The van der Waals surface area contributed by atoms with Crippen LogP contribution in [0.1, 0.15) is 42.7 Å². The summed E-state index contributed by atoms with van der Waals surface area (Å²) in [7, 11) is 2.18. The molecule has 0 bridgehead atoms. The van der Waals surface area contributed by atoms with Crippen LogP contribution >= 0.6 is 0 Å². The molecule has 1 aliphatic rings. The van der Waals surface area contributed by atoms with E-state index in [1.807, 2.05) is 38.1 Å². The quantitative estimate of drug-likeness (QED) is 0.296. The smallest absolute Gasteiger partial charge is 0.260 e. The molecule has 40 heavy (non-hydrogen) atoms. The zero-order chi connectivity index (χ0) is 27.8. The third kappa shape index (κ3) is 5.00. The lowest BCUT2D eigenvalue weighted by Gasteiger charge is -2.29. The monoisotopic (exact) mass is 535 g/mol. The van der Waals surface area contributed by atoms with E-state index in [0.29, 0.717) is 41.3 Å². The van der Waals surface area contributed by atoms with Gasteiger partial charge in [0.1, 0.15) is 5.65 Å². The maximum absolute atomic E-state index is 13.6. The largest absolute Gasteiger partial charge is 0.339 e. The van der Waals surface area contributed by atoms with Crippen molar-refractivity contribution in [2.45, 2.75) is 46.1 Å². The molecule has 0 atom stereocenters. The first-order valence-electron chi connectivity index (χ1n) is 13.8. The van der Waals surface area contributed by atoms with Crippen LogP contribution in [-0.4, -0.2) is 49.7 Å². The van der Waals surface area contributed by atoms with Crippen molar-refractivity contribution >= 4 is 22.7 Å². The van der Waals surface area contributed by atoms with Crippen LogP contribution in [0.25, 0.3) is 33.5 Å². The number of hydrogen-bond acceptors (Lipinski definition) is 8. The summed E-state index contributed by atoms with van der Waals surface area (Å²) in [6, 6.07) is 16.3. The fraction of sp³-hybridized carbons (Fsp3) is 0.323. The molecule has 0 radical (unpaired) electrons. The van der Waals surface area contributed by atoms with E-state index >= 15 is 0 Å². The third-order valence-corrected chi connectivity index (χ3v) is 7.80. The molecule has 1 aliphatic heterocycles. The Bertz CT molecular complexity index is 1730. The second kappa shape index (κ2) is 10.7. The SMILES string of the molecule is CCn1c(=O)c(-c2ccc(-c3noc(C)n3)cc2C)cc2cnc(Nc3ccc(C4CCN(C)CC4)cc3)nc21. The minimum Gasteiger partial charge on any atom is -0.339 e. The zero-order valence-electron chi connectivity index (χ0n) is 23.3. The fourth-order valence-electron chi connectivity index (χ4n) is 5.54. The van der Waals surface area contributed by atoms with Gasteiger partial charge in [0.25, 0.3) is 5.56 Å². The maximum atomic E-state index is 13.6. The summed E-state index contributed by atoms with van der Waals surface area (Å²) in [6.45, 7) is 8.46. The molecule has 1 saturated heterocycles. The number of aromatic nitrogens is 5. The molecular formula is C31H33N7O2. The van der Waals surface area contributed by atoms with Gasteiger partial charge in [-0.2, -0.15) is 9.97 Å². The van der Waals surface area contributed by atoms with Crippen molar-refractivity contribution in [1.82, 2.24) is 29.6 Å². The van der Waals surface area contributed by atoms with Gasteiger partial charge in [-0.1, -0.05) is 29.4 Å². The molecule has 0 saturated carbocycles. The lowest BCUT2D eigenvalue weighted by Crippen LogP contribution is -2.29. The Hall–Kier alpha value is -4.37. The normalized spacial score (nSPS) is 14.6. The number of rotatable bonds is 6. The van der Waals surface area contributed by atoms with E-state index in [1.54, 1.807) is 17.7 Å². The van der Waals surface area contributed by atoms with Gasteiger partial charge < -0.3 is 14.7 Å². The van der Waals surface area contributed by atoms with E-state index in [0.717, 1.165) is 40.9 Å². The van der Waals surface area contributed by atoms with Crippen LogP contribution in [0.4, 0.5) is 11.6 Å². The maximum Gasteiger partial charge on any atom is 0.260 e. The van der Waals surface area contributed by atoms with Gasteiger partial charge in [-0.05, 0) is 93.7 Å². The molecule has 1 fully saturated rings. The molecule has 5 aromatic rings. The van der Waals surface area contributed by atoms with E-state index in [9.17, 15) is 4.79 Å². The van der Waals surface area contributed by atoms with E-state index < -0.39 is 0 Å². The summed E-state index contributed by atoms with van der Waals surface area (Å²) in [5.74, 6) is 2.11. The van der Waals surface area contributed by atoms with E-state index in [4.69, 9.17) is 9.51 Å². The molecule has 0 unspecified atom stereocenters. The van der Waals surface area contributed by atoms with Gasteiger partial charge in [0.2, 0.25) is 17.7 Å². The lowest BCUT2D eigenvalue weighted by atomic mass is 9.89. The number of fused-ring (bicyclic) bond motifs is 1. The van der Waals surface area contributed by atoms with Crippen molar-refractivity contribution in [3.05, 3.63) is 82.1 Å². The summed E-state index contributed by atoms with van der Waals surface area (Å²) in [4.78, 5) is 29.7. The van der Waals surface area contributed by atoms with Crippen LogP contribution in [0.5, 0.6) is 0 Å². The van der Waals surface area contributed by atoms with Crippen LogP contribution in [0.2, 0.25) is 0 Å². The predicted octanol–water partition coefficient (Wildman–Crippen LogP) is 5.70. The Kier molecular flexibility index (Phi) is 6.89. The van der Waals surface area contributed by atoms with E-state index in [-0.39, 0.29) is 5.56 Å². The second-order valence-electron chi connectivity index (χ2n) is 10.6. The number of pyridine rings is 1. The number of likely N-dealkylation sites (tertiary alicyclic amines) is 1. The van der Waals surface area contributed by atoms with Gasteiger partial charge in [0.15, 0.2) is 0 Å². The number of hydrogen-bond donors (Lipinski definition) is 1. The second-order valence-corrected chi connectivity index (χ2v) is 10.6. The van der Waals surface area contributed by atoms with Crippen molar-refractivity contribution in [3.63, 3.8) is 0 Å². The van der Waals surface area contributed by atoms with E-state index in [1.165, 1.54) is 18.4 Å². The molecule has 0 aliphatic carbocycles. The van der Waals surface area contributed by atoms with Crippen molar-refractivity contribution < 1.29 is 4.52 Å². The zero-order valence-corrected chi connectivity index (χ0v) is 23.3. The fourth-order valence-corrected chi connectivity index (χ4v) is 5.54. The van der Waals surface area contributed by atoms with Gasteiger partial charge in [-0.25, -0.2) is 4.98 Å².